The second-order valence-corrected chi connectivity index (χ2v) is 5.69. The molecular weight excluding hydrogens is 264 g/mol. The first-order valence-corrected chi connectivity index (χ1v) is 7.69. The molecule has 1 aromatic rings. The molecule has 0 spiro atoms. The van der Waals surface area contributed by atoms with E-state index in [1.165, 1.54) is 5.56 Å². The number of ether oxygens (including phenoxy) is 1. The van der Waals surface area contributed by atoms with Gasteiger partial charge in [-0.2, -0.15) is 0 Å². The zero-order chi connectivity index (χ0) is 15.7. The van der Waals surface area contributed by atoms with Gasteiger partial charge in [-0.3, -0.25) is 4.79 Å². The molecule has 0 aliphatic rings. The predicted molar refractivity (Wildman–Crippen MR) is 86.7 cm³/mol. The van der Waals surface area contributed by atoms with Crippen molar-refractivity contribution in [1.82, 2.24) is 10.6 Å². The van der Waals surface area contributed by atoms with E-state index in [1.54, 1.807) is 0 Å². The number of rotatable bonds is 9. The SMILES string of the molecule is CNC(C)CCc1ccc(OCCC(=O)NC(C)C)cc1. The van der Waals surface area contributed by atoms with Crippen LogP contribution in [0.25, 0.3) is 0 Å². The van der Waals surface area contributed by atoms with Crippen LogP contribution in [0.15, 0.2) is 24.3 Å². The zero-order valence-corrected chi connectivity index (χ0v) is 13.6. The molecule has 0 bridgehead atoms. The van der Waals surface area contributed by atoms with Gasteiger partial charge in [0.2, 0.25) is 5.91 Å². The highest BCUT2D eigenvalue weighted by atomic mass is 16.5. The number of benzene rings is 1. The van der Waals surface area contributed by atoms with Gasteiger partial charge in [-0.15, -0.1) is 0 Å². The van der Waals surface area contributed by atoms with Gasteiger partial charge in [-0.25, -0.2) is 0 Å². The summed E-state index contributed by atoms with van der Waals surface area (Å²) in [6, 6.07) is 8.83. The Morgan fingerprint density at radius 3 is 2.43 bits per heavy atom. The second kappa shape index (κ2) is 9.40. The molecule has 0 aromatic heterocycles. The van der Waals surface area contributed by atoms with Crippen molar-refractivity contribution in [3.63, 3.8) is 0 Å². The summed E-state index contributed by atoms with van der Waals surface area (Å²) >= 11 is 0. The van der Waals surface area contributed by atoms with Gasteiger partial charge >= 0.3 is 0 Å². The quantitative estimate of drug-likeness (QED) is 0.735. The topological polar surface area (TPSA) is 50.4 Å². The van der Waals surface area contributed by atoms with Gasteiger partial charge in [0.05, 0.1) is 13.0 Å². The molecule has 0 aliphatic carbocycles. The Balaban J connectivity index is 2.29. The van der Waals surface area contributed by atoms with Crippen LogP contribution in [-0.4, -0.2) is 31.6 Å². The van der Waals surface area contributed by atoms with Crippen LogP contribution in [-0.2, 0) is 11.2 Å². The van der Waals surface area contributed by atoms with Crippen LogP contribution in [0.2, 0.25) is 0 Å². The number of hydrogen-bond acceptors (Lipinski definition) is 3. The molecule has 0 aliphatic heterocycles. The van der Waals surface area contributed by atoms with E-state index in [0.717, 1.165) is 18.6 Å². The molecule has 1 aromatic carbocycles. The minimum atomic E-state index is 0.0303. The normalized spacial score (nSPS) is 12.2. The van der Waals surface area contributed by atoms with Crippen molar-refractivity contribution >= 4 is 5.91 Å². The molecular formula is C17H28N2O2. The maximum atomic E-state index is 11.5. The van der Waals surface area contributed by atoms with Gasteiger partial charge in [0.25, 0.3) is 0 Å². The fraction of sp³-hybridized carbons (Fsp3) is 0.588. The van der Waals surface area contributed by atoms with Crippen molar-refractivity contribution in [2.75, 3.05) is 13.7 Å². The van der Waals surface area contributed by atoms with Crippen molar-refractivity contribution < 1.29 is 9.53 Å². The number of aryl methyl sites for hydroxylation is 1. The van der Waals surface area contributed by atoms with Crippen molar-refractivity contribution in [3.8, 4) is 5.75 Å². The van der Waals surface area contributed by atoms with Crippen LogP contribution in [0.5, 0.6) is 5.75 Å². The van der Waals surface area contributed by atoms with E-state index in [-0.39, 0.29) is 11.9 Å². The Morgan fingerprint density at radius 1 is 1.19 bits per heavy atom. The van der Waals surface area contributed by atoms with E-state index in [2.05, 4.69) is 29.7 Å². The Bertz CT molecular complexity index is 415. The molecule has 0 fully saturated rings. The minimum absolute atomic E-state index is 0.0303. The van der Waals surface area contributed by atoms with Gasteiger partial charge in [0.1, 0.15) is 5.75 Å². The van der Waals surface area contributed by atoms with Crippen molar-refractivity contribution in [2.24, 2.45) is 0 Å². The minimum Gasteiger partial charge on any atom is -0.493 e. The zero-order valence-electron chi connectivity index (χ0n) is 13.6. The molecule has 4 heteroatoms. The molecule has 1 unspecified atom stereocenters. The lowest BCUT2D eigenvalue weighted by atomic mass is 10.1. The Kier molecular flexibility index (Phi) is 7.83. The van der Waals surface area contributed by atoms with Crippen LogP contribution >= 0.6 is 0 Å². The van der Waals surface area contributed by atoms with E-state index < -0.39 is 0 Å². The smallest absolute Gasteiger partial charge is 0.223 e. The average Bonchev–Trinajstić information content (AvgIpc) is 2.45. The molecule has 1 rings (SSSR count). The van der Waals surface area contributed by atoms with Gasteiger partial charge in [-0.1, -0.05) is 12.1 Å². The summed E-state index contributed by atoms with van der Waals surface area (Å²) in [5, 5.41) is 6.08. The molecule has 1 atom stereocenters. The van der Waals surface area contributed by atoms with E-state index >= 15 is 0 Å². The average molecular weight is 292 g/mol. The molecule has 0 saturated heterocycles. The summed E-state index contributed by atoms with van der Waals surface area (Å²) in [5.74, 6) is 0.848. The van der Waals surface area contributed by atoms with Crippen molar-refractivity contribution in [3.05, 3.63) is 29.8 Å². The lowest BCUT2D eigenvalue weighted by Crippen LogP contribution is -2.31. The number of carbonyl (C=O) groups excluding carboxylic acids is 1. The van der Waals surface area contributed by atoms with Crippen LogP contribution in [0.4, 0.5) is 0 Å². The van der Waals surface area contributed by atoms with Crippen LogP contribution < -0.4 is 15.4 Å². The van der Waals surface area contributed by atoms with Gasteiger partial charge in [0.15, 0.2) is 0 Å². The Labute approximate surface area is 128 Å². The molecule has 0 radical (unpaired) electrons. The second-order valence-electron chi connectivity index (χ2n) is 5.69. The van der Waals surface area contributed by atoms with Gasteiger partial charge in [-0.05, 0) is 58.4 Å². The standard InChI is InChI=1S/C17H28N2O2/c1-13(2)19-17(20)11-12-21-16-9-7-15(8-10-16)6-5-14(3)18-4/h7-10,13-14,18H,5-6,11-12H2,1-4H3,(H,19,20). The van der Waals surface area contributed by atoms with E-state index in [9.17, 15) is 4.79 Å². The lowest BCUT2D eigenvalue weighted by molar-refractivity contribution is -0.122. The van der Waals surface area contributed by atoms with Gasteiger partial charge < -0.3 is 15.4 Å². The third-order valence-electron chi connectivity index (χ3n) is 3.33. The van der Waals surface area contributed by atoms with Crippen LogP contribution in [0.3, 0.4) is 0 Å². The Morgan fingerprint density at radius 2 is 1.86 bits per heavy atom. The fourth-order valence-corrected chi connectivity index (χ4v) is 1.94. The van der Waals surface area contributed by atoms with Crippen LogP contribution in [0.1, 0.15) is 39.2 Å². The summed E-state index contributed by atoms with van der Waals surface area (Å²) < 4.78 is 5.59. The number of hydrogen-bond donors (Lipinski definition) is 2. The number of amides is 1. The monoisotopic (exact) mass is 292 g/mol. The fourth-order valence-electron chi connectivity index (χ4n) is 1.94. The third-order valence-corrected chi connectivity index (χ3v) is 3.33. The highest BCUT2D eigenvalue weighted by Gasteiger charge is 2.04. The highest BCUT2D eigenvalue weighted by Crippen LogP contribution is 2.14. The van der Waals surface area contributed by atoms with E-state index in [1.807, 2.05) is 33.0 Å². The number of carbonyl (C=O) groups is 1. The summed E-state index contributed by atoms with van der Waals surface area (Å²) in [4.78, 5) is 11.5. The molecule has 1 amide bonds. The maximum absolute atomic E-state index is 11.5. The summed E-state index contributed by atoms with van der Waals surface area (Å²) in [7, 11) is 1.98. The summed E-state index contributed by atoms with van der Waals surface area (Å²) in [5.41, 5.74) is 1.31. The Hall–Kier alpha value is -1.55. The van der Waals surface area contributed by atoms with Crippen molar-refractivity contribution in [1.29, 1.82) is 0 Å². The largest absolute Gasteiger partial charge is 0.493 e. The first kappa shape index (κ1) is 17.5. The molecule has 4 nitrogen and oxygen atoms in total. The molecule has 0 heterocycles. The van der Waals surface area contributed by atoms with Crippen molar-refractivity contribution in [2.45, 2.75) is 52.1 Å². The molecule has 118 valence electrons. The van der Waals surface area contributed by atoms with Gasteiger partial charge in [0, 0.05) is 12.1 Å². The highest BCUT2D eigenvalue weighted by molar-refractivity contribution is 5.76. The maximum Gasteiger partial charge on any atom is 0.223 e. The predicted octanol–water partition coefficient (Wildman–Crippen LogP) is 2.52. The number of nitrogens with one attached hydrogen (secondary N) is 2. The lowest BCUT2D eigenvalue weighted by Gasteiger charge is -2.11. The first-order valence-electron chi connectivity index (χ1n) is 7.69. The van der Waals surface area contributed by atoms with Crippen LogP contribution in [0, 0.1) is 0 Å². The first-order chi connectivity index (χ1) is 10.0. The van der Waals surface area contributed by atoms with E-state index in [4.69, 9.17) is 4.74 Å². The molecule has 21 heavy (non-hydrogen) atoms. The third kappa shape index (κ3) is 7.71. The summed E-state index contributed by atoms with van der Waals surface area (Å²) in [6.45, 7) is 6.49. The molecule has 0 saturated carbocycles. The van der Waals surface area contributed by atoms with E-state index in [0.29, 0.717) is 19.1 Å². The molecule has 2 N–H and O–H groups in total. The summed E-state index contributed by atoms with van der Waals surface area (Å²) in [6.07, 6.45) is 2.56.